The van der Waals surface area contributed by atoms with Crippen LogP contribution < -0.4 is 11.3 Å². The number of phosphoric acid groups is 3. The lowest BCUT2D eigenvalue weighted by atomic mass is 10.2. The number of imidazole rings is 1. The van der Waals surface area contributed by atoms with Crippen LogP contribution in [-0.4, -0.2) is 68.4 Å². The quantitative estimate of drug-likeness (QED) is 0.154. The van der Waals surface area contributed by atoms with Gasteiger partial charge in [0.25, 0.3) is 5.56 Å². The number of nitrogens with zero attached hydrogens (tertiary/aromatic N) is 3. The van der Waals surface area contributed by atoms with Gasteiger partial charge in [0.15, 0.2) is 17.4 Å². The molecule has 1 saturated heterocycles. The first-order valence-corrected chi connectivity index (χ1v) is 13.0. The van der Waals surface area contributed by atoms with Crippen molar-refractivity contribution >= 4 is 52.2 Å². The number of nitrogen functional groups attached to an aromatic ring is 1. The highest BCUT2D eigenvalue weighted by molar-refractivity contribution is 7.66. The number of fused-ring (bicyclic) bond motifs is 1. The number of rotatable bonds is 8. The van der Waals surface area contributed by atoms with Gasteiger partial charge in [0, 0.05) is 0 Å². The smallest absolute Gasteiger partial charge is 0.389 e. The zero-order chi connectivity index (χ0) is 24.1. The second-order valence-corrected chi connectivity index (χ2v) is 11.1. The van der Waals surface area contributed by atoms with Crippen LogP contribution in [0.25, 0.3) is 11.2 Å². The van der Waals surface area contributed by atoms with Gasteiger partial charge in [-0.05, 0) is 0 Å². The average Bonchev–Trinajstić information content (AvgIpc) is 3.12. The molecule has 0 aromatic carbocycles. The fourth-order valence-corrected chi connectivity index (χ4v) is 6.04. The second kappa shape index (κ2) is 8.85. The van der Waals surface area contributed by atoms with Crippen molar-refractivity contribution in [1.29, 1.82) is 0 Å². The number of hydrogen-bond acceptors (Lipinski definition) is 12. The normalized spacial score (nSPS) is 27.9. The molecule has 0 amide bonds. The number of alkyl halides is 1. The van der Waals surface area contributed by atoms with E-state index in [1.165, 1.54) is 4.57 Å². The van der Waals surface area contributed by atoms with Crippen LogP contribution in [0, 0.1) is 0 Å². The van der Waals surface area contributed by atoms with Crippen LogP contribution in [0.4, 0.5) is 5.95 Å². The third kappa shape index (κ3) is 5.81. The van der Waals surface area contributed by atoms with Crippen LogP contribution in [0.15, 0.2) is 11.1 Å². The van der Waals surface area contributed by atoms with Crippen molar-refractivity contribution in [3.05, 3.63) is 16.7 Å². The molecule has 18 nitrogen and oxygen atoms in total. The van der Waals surface area contributed by atoms with Crippen molar-refractivity contribution in [3.8, 4) is 0 Å². The van der Waals surface area contributed by atoms with E-state index < -0.39 is 59.4 Å². The Morgan fingerprint density at radius 2 is 1.88 bits per heavy atom. The second-order valence-electron chi connectivity index (χ2n) is 6.16. The summed E-state index contributed by atoms with van der Waals surface area (Å²) in [5, 5.41) is 9.04. The van der Waals surface area contributed by atoms with E-state index in [1.54, 1.807) is 0 Å². The van der Waals surface area contributed by atoms with Gasteiger partial charge >= 0.3 is 23.5 Å². The Bertz CT molecular complexity index is 1210. The summed E-state index contributed by atoms with van der Waals surface area (Å²) >= 11 is 6.15. The van der Waals surface area contributed by atoms with Crippen LogP contribution >= 0.6 is 35.1 Å². The molecule has 32 heavy (non-hydrogen) atoms. The number of nitrogens with two attached hydrogens (primary N) is 1. The van der Waals surface area contributed by atoms with Crippen molar-refractivity contribution < 1.29 is 56.3 Å². The van der Waals surface area contributed by atoms with Gasteiger partial charge in [-0.2, -0.15) is 13.6 Å². The fourth-order valence-electron chi connectivity index (χ4n) is 2.67. The highest BCUT2D eigenvalue weighted by atomic mass is 35.5. The number of nitrogens with one attached hydrogen (secondary N) is 1. The summed E-state index contributed by atoms with van der Waals surface area (Å²) in [5.74, 6) is -0.238. The first-order valence-electron chi connectivity index (χ1n) is 8.07. The Hall–Kier alpha value is -1.23. The molecule has 2 aromatic heterocycles. The van der Waals surface area contributed by atoms with Crippen LogP contribution in [0.2, 0.25) is 0 Å². The minimum absolute atomic E-state index is 0.0392. The van der Waals surface area contributed by atoms with E-state index in [4.69, 9.17) is 36.8 Å². The predicted octanol–water partition coefficient (Wildman–Crippen LogP) is -1.09. The van der Waals surface area contributed by atoms with E-state index in [2.05, 4.69) is 28.1 Å². The third-order valence-corrected chi connectivity index (χ3v) is 8.11. The van der Waals surface area contributed by atoms with E-state index in [0.717, 1.165) is 6.33 Å². The summed E-state index contributed by atoms with van der Waals surface area (Å²) in [6.07, 6.45) is -3.03. The number of aromatic nitrogens is 4. The molecule has 0 saturated carbocycles. The SMILES string of the molecule is Nc1nc2c(ncn2[C@@H]2O[C@H](COP(=O)(O)OP(=O)(O)OP(=O)(O)O)C(O)C2Cl)c(=O)[nH]1. The number of halogens is 1. The van der Waals surface area contributed by atoms with Crippen LogP contribution in [-0.2, 0) is 31.6 Å². The van der Waals surface area contributed by atoms with Crippen molar-refractivity contribution in [2.75, 3.05) is 12.3 Å². The topological polar surface area (TPSA) is 279 Å². The number of ether oxygens (including phenoxy) is 1. The molecule has 2 aromatic rings. The lowest BCUT2D eigenvalue weighted by Crippen LogP contribution is -2.30. The summed E-state index contributed by atoms with van der Waals surface area (Å²) < 4.78 is 52.0. The van der Waals surface area contributed by atoms with Gasteiger partial charge < -0.3 is 35.2 Å². The standard InChI is InChI=1S/C10H15ClN5O13P3/c11-4-6(17)3(1-26-31(22,23)29-32(24,25)28-30(19,20)21)27-9(4)16-2-13-5-7(16)14-10(12)15-8(5)18/h2-4,6,9,17H,1H2,(H,22,23)(H,24,25)(H2,19,20,21)(H3,12,14,15,18)/t3-,4?,6?,9-/m1/s1. The Morgan fingerprint density at radius 1 is 1.22 bits per heavy atom. The summed E-state index contributed by atoms with van der Waals surface area (Å²) in [7, 11) is -16.7. The van der Waals surface area contributed by atoms with Crippen molar-refractivity contribution in [3.63, 3.8) is 0 Å². The Kier molecular flexibility index (Phi) is 7.02. The van der Waals surface area contributed by atoms with Gasteiger partial charge in [-0.15, -0.1) is 11.6 Å². The van der Waals surface area contributed by atoms with E-state index in [1.807, 2.05) is 0 Å². The van der Waals surface area contributed by atoms with Gasteiger partial charge in [0.05, 0.1) is 12.9 Å². The molecular formula is C10H15ClN5O13P3. The average molecular weight is 542 g/mol. The maximum Gasteiger partial charge on any atom is 0.490 e. The van der Waals surface area contributed by atoms with Gasteiger partial charge in [0.1, 0.15) is 17.6 Å². The minimum atomic E-state index is -5.71. The molecule has 1 aliphatic rings. The lowest BCUT2D eigenvalue weighted by Gasteiger charge is -2.19. The fraction of sp³-hybridized carbons (Fsp3) is 0.500. The van der Waals surface area contributed by atoms with E-state index >= 15 is 0 Å². The molecular weight excluding hydrogens is 527 g/mol. The highest BCUT2D eigenvalue weighted by Gasteiger charge is 2.47. The largest absolute Gasteiger partial charge is 0.490 e. The maximum absolute atomic E-state index is 11.9. The minimum Gasteiger partial charge on any atom is -0.389 e. The van der Waals surface area contributed by atoms with E-state index in [-0.39, 0.29) is 17.1 Å². The molecule has 6 atom stereocenters. The number of anilines is 1. The number of aliphatic hydroxyl groups is 1. The lowest BCUT2D eigenvalue weighted by molar-refractivity contribution is -0.0422. The predicted molar refractivity (Wildman–Crippen MR) is 102 cm³/mol. The molecule has 1 aliphatic heterocycles. The first kappa shape index (κ1) is 25.4. The highest BCUT2D eigenvalue weighted by Crippen LogP contribution is 2.66. The maximum atomic E-state index is 11.9. The van der Waals surface area contributed by atoms with Crippen LogP contribution in [0.5, 0.6) is 0 Å². The van der Waals surface area contributed by atoms with Gasteiger partial charge in [-0.3, -0.25) is 18.9 Å². The molecule has 0 bridgehead atoms. The number of H-pyrrole nitrogens is 1. The Morgan fingerprint density at radius 3 is 2.50 bits per heavy atom. The number of hydrogen-bond donors (Lipinski definition) is 7. The van der Waals surface area contributed by atoms with Crippen molar-refractivity contribution in [2.45, 2.75) is 23.8 Å². The Balaban J connectivity index is 1.72. The van der Waals surface area contributed by atoms with E-state index in [9.17, 15) is 28.5 Å². The molecule has 8 N–H and O–H groups in total. The zero-order valence-electron chi connectivity index (χ0n) is 15.2. The van der Waals surface area contributed by atoms with Crippen molar-refractivity contribution in [1.82, 2.24) is 19.5 Å². The number of aliphatic hydroxyl groups excluding tert-OH is 1. The third-order valence-electron chi connectivity index (χ3n) is 3.84. The van der Waals surface area contributed by atoms with Crippen LogP contribution in [0.1, 0.15) is 6.23 Å². The summed E-state index contributed by atoms with van der Waals surface area (Å²) in [6.45, 7) is -0.937. The van der Waals surface area contributed by atoms with Gasteiger partial charge in [0.2, 0.25) is 5.95 Å². The Labute approximate surface area is 181 Å². The zero-order valence-corrected chi connectivity index (χ0v) is 18.7. The molecule has 0 spiro atoms. The molecule has 3 heterocycles. The van der Waals surface area contributed by atoms with Crippen molar-refractivity contribution in [2.24, 2.45) is 0 Å². The molecule has 3 rings (SSSR count). The molecule has 22 heteroatoms. The molecule has 1 fully saturated rings. The summed E-state index contributed by atoms with van der Waals surface area (Å²) in [4.78, 5) is 57.5. The van der Waals surface area contributed by atoms with E-state index in [0.29, 0.717) is 0 Å². The number of phosphoric ester groups is 1. The first-order chi connectivity index (χ1) is 14.6. The summed E-state index contributed by atoms with van der Waals surface area (Å²) in [6, 6.07) is 0. The molecule has 180 valence electrons. The van der Waals surface area contributed by atoms with Crippen LogP contribution in [0.3, 0.4) is 0 Å². The monoisotopic (exact) mass is 541 g/mol. The molecule has 4 unspecified atom stereocenters. The molecule has 0 radical (unpaired) electrons. The summed E-state index contributed by atoms with van der Waals surface area (Å²) in [5.41, 5.74) is 4.69. The van der Waals surface area contributed by atoms with Gasteiger partial charge in [-0.25, -0.2) is 18.7 Å². The molecule has 0 aliphatic carbocycles. The number of aromatic amines is 1. The van der Waals surface area contributed by atoms with Gasteiger partial charge in [-0.1, -0.05) is 0 Å².